The molecule has 0 aliphatic carbocycles. The SMILES string of the molecule is CC[C@@H](O)CC(=O)SCCNC(=O)C=CNC(=O)[C@@H]1OC(C)(C)OCC1(C)C. The van der Waals surface area contributed by atoms with Crippen molar-refractivity contribution in [1.82, 2.24) is 10.6 Å². The van der Waals surface area contributed by atoms with Gasteiger partial charge in [0.05, 0.1) is 12.7 Å². The highest BCUT2D eigenvalue weighted by Gasteiger charge is 2.45. The second-order valence-corrected chi connectivity index (χ2v) is 8.95. The van der Waals surface area contributed by atoms with Gasteiger partial charge in [0, 0.05) is 36.4 Å². The first kappa shape index (κ1) is 24.6. The second kappa shape index (κ2) is 10.9. The molecule has 9 heteroatoms. The number of carbonyl (C=O) groups excluding carboxylic acids is 3. The number of aliphatic hydroxyl groups excluding tert-OH is 1. The first-order chi connectivity index (χ1) is 13.0. The molecule has 8 nitrogen and oxygen atoms in total. The fraction of sp³-hybridized carbons (Fsp3) is 0.737. The largest absolute Gasteiger partial charge is 0.393 e. The summed E-state index contributed by atoms with van der Waals surface area (Å²) in [6, 6.07) is 0. The smallest absolute Gasteiger partial charge is 0.253 e. The molecule has 28 heavy (non-hydrogen) atoms. The van der Waals surface area contributed by atoms with E-state index in [0.717, 1.165) is 11.8 Å². The summed E-state index contributed by atoms with van der Waals surface area (Å²) in [5.41, 5.74) is -0.495. The van der Waals surface area contributed by atoms with Crippen molar-refractivity contribution in [3.63, 3.8) is 0 Å². The molecule has 1 fully saturated rings. The van der Waals surface area contributed by atoms with Gasteiger partial charge in [-0.05, 0) is 20.3 Å². The maximum Gasteiger partial charge on any atom is 0.253 e. The summed E-state index contributed by atoms with van der Waals surface area (Å²) in [6.45, 7) is 9.75. The van der Waals surface area contributed by atoms with Gasteiger partial charge in [0.2, 0.25) is 5.91 Å². The topological polar surface area (TPSA) is 114 Å². The third-order valence-electron chi connectivity index (χ3n) is 4.14. The van der Waals surface area contributed by atoms with Crippen LogP contribution in [0, 0.1) is 5.41 Å². The van der Waals surface area contributed by atoms with Crippen LogP contribution >= 0.6 is 11.8 Å². The first-order valence-corrected chi connectivity index (χ1v) is 10.4. The lowest BCUT2D eigenvalue weighted by Crippen LogP contribution is -2.55. The Bertz CT molecular complexity index is 591. The number of rotatable bonds is 9. The van der Waals surface area contributed by atoms with Crippen LogP contribution in [0.4, 0.5) is 0 Å². The van der Waals surface area contributed by atoms with Gasteiger partial charge < -0.3 is 25.2 Å². The lowest BCUT2D eigenvalue weighted by molar-refractivity contribution is -0.303. The standard InChI is InChI=1S/C19H32N2O6S/c1-6-13(22)11-15(24)28-10-9-20-14(23)7-8-21-17(25)16-18(2,3)12-26-19(4,5)27-16/h7-8,13,16,22H,6,9-12H2,1-5H3,(H,20,23)(H,21,25)/t13-,16+/m1/s1. The molecule has 0 bridgehead atoms. The minimum Gasteiger partial charge on any atom is -0.393 e. The highest BCUT2D eigenvalue weighted by atomic mass is 32.2. The monoisotopic (exact) mass is 416 g/mol. The number of nitrogens with one attached hydrogen (secondary N) is 2. The zero-order chi connectivity index (χ0) is 21.4. The second-order valence-electron chi connectivity index (χ2n) is 7.79. The van der Waals surface area contributed by atoms with Crippen LogP contribution in [0.3, 0.4) is 0 Å². The maximum atomic E-state index is 12.4. The highest BCUT2D eigenvalue weighted by Crippen LogP contribution is 2.34. The van der Waals surface area contributed by atoms with Crippen LogP contribution in [0.1, 0.15) is 47.5 Å². The van der Waals surface area contributed by atoms with Gasteiger partial charge in [-0.2, -0.15) is 0 Å². The van der Waals surface area contributed by atoms with Crippen molar-refractivity contribution in [1.29, 1.82) is 0 Å². The van der Waals surface area contributed by atoms with Gasteiger partial charge in [-0.3, -0.25) is 14.4 Å². The quantitative estimate of drug-likeness (QED) is 0.384. The number of thioether (sulfide) groups is 1. The zero-order valence-corrected chi connectivity index (χ0v) is 18.1. The number of ether oxygens (including phenoxy) is 2. The van der Waals surface area contributed by atoms with E-state index in [2.05, 4.69) is 10.6 Å². The number of carbonyl (C=O) groups is 3. The van der Waals surface area contributed by atoms with Crippen molar-refractivity contribution in [3.8, 4) is 0 Å². The third-order valence-corrected chi connectivity index (χ3v) is 5.04. The Balaban J connectivity index is 2.33. The van der Waals surface area contributed by atoms with Crippen LogP contribution in [0.25, 0.3) is 0 Å². The highest BCUT2D eigenvalue weighted by molar-refractivity contribution is 8.13. The van der Waals surface area contributed by atoms with Crippen molar-refractivity contribution >= 4 is 28.7 Å². The van der Waals surface area contributed by atoms with Crippen LogP contribution in [0.5, 0.6) is 0 Å². The molecule has 0 aromatic carbocycles. The molecule has 3 N–H and O–H groups in total. The van der Waals surface area contributed by atoms with E-state index in [4.69, 9.17) is 9.47 Å². The summed E-state index contributed by atoms with van der Waals surface area (Å²) < 4.78 is 11.3. The molecule has 2 atom stereocenters. The van der Waals surface area contributed by atoms with Crippen LogP contribution in [-0.2, 0) is 23.9 Å². The van der Waals surface area contributed by atoms with Crippen molar-refractivity contribution in [2.75, 3.05) is 18.9 Å². The van der Waals surface area contributed by atoms with Gasteiger partial charge in [-0.15, -0.1) is 0 Å². The van der Waals surface area contributed by atoms with Crippen molar-refractivity contribution in [2.24, 2.45) is 5.41 Å². The van der Waals surface area contributed by atoms with E-state index < -0.39 is 23.4 Å². The maximum absolute atomic E-state index is 12.4. The van der Waals surface area contributed by atoms with Gasteiger partial charge in [0.15, 0.2) is 10.9 Å². The van der Waals surface area contributed by atoms with Crippen molar-refractivity contribution in [3.05, 3.63) is 12.3 Å². The molecule has 0 unspecified atom stereocenters. The van der Waals surface area contributed by atoms with Crippen LogP contribution in [0.15, 0.2) is 12.3 Å². The molecule has 0 spiro atoms. The fourth-order valence-corrected chi connectivity index (χ4v) is 3.13. The molecule has 2 amide bonds. The Morgan fingerprint density at radius 1 is 1.29 bits per heavy atom. The molecule has 1 rings (SSSR count). The summed E-state index contributed by atoms with van der Waals surface area (Å²) in [6.07, 6.45) is 1.81. The Kier molecular flexibility index (Phi) is 9.62. The van der Waals surface area contributed by atoms with E-state index >= 15 is 0 Å². The lowest BCUT2D eigenvalue weighted by atomic mass is 9.85. The van der Waals surface area contributed by atoms with Gasteiger partial charge in [0.1, 0.15) is 6.10 Å². The molecule has 1 heterocycles. The van der Waals surface area contributed by atoms with Crippen molar-refractivity contribution in [2.45, 2.75) is 65.5 Å². The zero-order valence-electron chi connectivity index (χ0n) is 17.2. The van der Waals surface area contributed by atoms with E-state index in [1.165, 1.54) is 12.3 Å². The molecule has 0 aromatic rings. The predicted octanol–water partition coefficient (Wildman–Crippen LogP) is 1.33. The fourth-order valence-electron chi connectivity index (χ4n) is 2.39. The van der Waals surface area contributed by atoms with Gasteiger partial charge >= 0.3 is 0 Å². The molecule has 160 valence electrons. The molecule has 1 saturated heterocycles. The lowest BCUT2D eigenvalue weighted by Gasteiger charge is -2.44. The van der Waals surface area contributed by atoms with Crippen LogP contribution in [0.2, 0.25) is 0 Å². The summed E-state index contributed by atoms with van der Waals surface area (Å²) >= 11 is 1.07. The van der Waals surface area contributed by atoms with Crippen LogP contribution in [-0.4, -0.2) is 58.9 Å². The van der Waals surface area contributed by atoms with E-state index in [1.54, 1.807) is 13.8 Å². The van der Waals surface area contributed by atoms with Gasteiger partial charge in [-0.1, -0.05) is 32.5 Å². The molecule has 0 aromatic heterocycles. The van der Waals surface area contributed by atoms with Crippen LogP contribution < -0.4 is 10.6 Å². The number of hydrogen-bond donors (Lipinski definition) is 3. The number of amides is 2. The Hall–Kier alpha value is -1.42. The molecular weight excluding hydrogens is 384 g/mol. The number of aliphatic hydroxyl groups is 1. The average molecular weight is 417 g/mol. The van der Waals surface area contributed by atoms with Gasteiger partial charge in [-0.25, -0.2) is 0 Å². The molecule has 1 aliphatic rings. The predicted molar refractivity (Wildman–Crippen MR) is 107 cm³/mol. The van der Waals surface area contributed by atoms with Crippen molar-refractivity contribution < 1.29 is 29.0 Å². The van der Waals surface area contributed by atoms with E-state index in [1.807, 2.05) is 20.8 Å². The summed E-state index contributed by atoms with van der Waals surface area (Å²) in [7, 11) is 0. The summed E-state index contributed by atoms with van der Waals surface area (Å²) in [5, 5.41) is 14.5. The minimum absolute atomic E-state index is 0.103. The molecule has 0 saturated carbocycles. The normalized spacial score (nSPS) is 21.9. The molecular formula is C19H32N2O6S. The van der Waals surface area contributed by atoms with E-state index in [9.17, 15) is 19.5 Å². The average Bonchev–Trinajstić information content (AvgIpc) is 2.60. The number of hydrogen-bond acceptors (Lipinski definition) is 7. The Morgan fingerprint density at radius 3 is 2.61 bits per heavy atom. The summed E-state index contributed by atoms with van der Waals surface area (Å²) in [5.74, 6) is -1.16. The van der Waals surface area contributed by atoms with E-state index in [0.29, 0.717) is 25.3 Å². The van der Waals surface area contributed by atoms with Gasteiger partial charge in [0.25, 0.3) is 5.91 Å². The Labute approximate surface area is 170 Å². The van der Waals surface area contributed by atoms with E-state index in [-0.39, 0.29) is 23.4 Å². The molecule has 0 radical (unpaired) electrons. The summed E-state index contributed by atoms with van der Waals surface area (Å²) in [4.78, 5) is 35.7. The minimum atomic E-state index is -0.846. The molecule has 1 aliphatic heterocycles. The Morgan fingerprint density at radius 2 is 1.96 bits per heavy atom. The third kappa shape index (κ3) is 8.72. The first-order valence-electron chi connectivity index (χ1n) is 9.37.